The Morgan fingerprint density at radius 3 is 2.78 bits per heavy atom. The second kappa shape index (κ2) is 8.06. The van der Waals surface area contributed by atoms with Crippen molar-refractivity contribution >= 4 is 17.2 Å². The molecule has 0 heterocycles. The number of thiocarbonyl (C=S) groups is 1. The molecule has 0 aliphatic carbocycles. The highest BCUT2D eigenvalue weighted by Crippen LogP contribution is 2.13. The van der Waals surface area contributed by atoms with E-state index in [0.717, 1.165) is 30.9 Å². The number of ether oxygens (including phenoxy) is 2. The summed E-state index contributed by atoms with van der Waals surface area (Å²) in [5, 5.41) is 0. The van der Waals surface area contributed by atoms with Gasteiger partial charge in [-0.1, -0.05) is 38.2 Å². The molecule has 0 aliphatic heterocycles. The van der Waals surface area contributed by atoms with Crippen LogP contribution in [0.25, 0.3) is 0 Å². The van der Waals surface area contributed by atoms with Crippen LogP contribution in [0.5, 0.6) is 5.75 Å². The van der Waals surface area contributed by atoms with Gasteiger partial charge in [0, 0.05) is 25.2 Å². The average molecular weight is 267 g/mol. The Morgan fingerprint density at radius 1 is 1.33 bits per heavy atom. The van der Waals surface area contributed by atoms with E-state index in [-0.39, 0.29) is 0 Å². The summed E-state index contributed by atoms with van der Waals surface area (Å²) in [7, 11) is 0. The maximum Gasteiger partial charge on any atom is 0.119 e. The number of rotatable bonds is 8. The zero-order valence-electron chi connectivity index (χ0n) is 11.0. The molecule has 0 bridgehead atoms. The van der Waals surface area contributed by atoms with Gasteiger partial charge < -0.3 is 15.2 Å². The van der Waals surface area contributed by atoms with E-state index in [2.05, 4.69) is 13.8 Å². The third-order valence-corrected chi connectivity index (χ3v) is 2.51. The summed E-state index contributed by atoms with van der Waals surface area (Å²) < 4.78 is 11.1. The van der Waals surface area contributed by atoms with Crippen molar-refractivity contribution in [2.24, 2.45) is 11.7 Å². The second-order valence-electron chi connectivity index (χ2n) is 4.56. The van der Waals surface area contributed by atoms with Crippen molar-refractivity contribution in [3.63, 3.8) is 0 Å². The topological polar surface area (TPSA) is 44.5 Å². The number of nitrogens with two attached hydrogens (primary N) is 1. The molecule has 0 radical (unpaired) electrons. The van der Waals surface area contributed by atoms with Crippen LogP contribution >= 0.6 is 12.2 Å². The van der Waals surface area contributed by atoms with Crippen LogP contribution < -0.4 is 10.5 Å². The predicted molar refractivity (Wildman–Crippen MR) is 78.1 cm³/mol. The largest absolute Gasteiger partial charge is 0.493 e. The molecule has 3 nitrogen and oxygen atoms in total. The van der Waals surface area contributed by atoms with E-state index < -0.39 is 0 Å². The van der Waals surface area contributed by atoms with Crippen LogP contribution in [0.3, 0.4) is 0 Å². The minimum absolute atomic E-state index is 0.390. The van der Waals surface area contributed by atoms with Gasteiger partial charge in [0.05, 0.1) is 6.61 Å². The highest BCUT2D eigenvalue weighted by atomic mass is 32.1. The molecule has 0 spiro atoms. The third kappa shape index (κ3) is 5.98. The van der Waals surface area contributed by atoms with E-state index in [9.17, 15) is 0 Å². The Morgan fingerprint density at radius 2 is 2.11 bits per heavy atom. The number of hydrogen-bond acceptors (Lipinski definition) is 3. The summed E-state index contributed by atoms with van der Waals surface area (Å²) >= 11 is 4.92. The smallest absolute Gasteiger partial charge is 0.119 e. The standard InChI is InChI=1S/C14H21NO2S/c1-11(2)10-16-7-4-8-17-13-6-3-5-12(9-13)14(15)18/h3,5-6,9,11H,4,7-8,10H2,1-2H3,(H2,15,18). The maximum atomic E-state index is 5.61. The molecule has 0 aromatic heterocycles. The van der Waals surface area contributed by atoms with Crippen molar-refractivity contribution in [3.05, 3.63) is 29.8 Å². The van der Waals surface area contributed by atoms with E-state index >= 15 is 0 Å². The molecule has 0 saturated carbocycles. The summed E-state index contributed by atoms with van der Waals surface area (Å²) in [5.41, 5.74) is 6.39. The fourth-order valence-electron chi connectivity index (χ4n) is 1.41. The minimum atomic E-state index is 0.390. The molecule has 100 valence electrons. The zero-order chi connectivity index (χ0) is 13.4. The van der Waals surface area contributed by atoms with Crippen molar-refractivity contribution in [3.8, 4) is 5.75 Å². The van der Waals surface area contributed by atoms with E-state index in [4.69, 9.17) is 27.4 Å². The molecule has 0 saturated heterocycles. The van der Waals surface area contributed by atoms with Gasteiger partial charge in [0.1, 0.15) is 10.7 Å². The third-order valence-electron chi connectivity index (χ3n) is 2.27. The molecule has 0 aliphatic rings. The summed E-state index contributed by atoms with van der Waals surface area (Å²) in [4.78, 5) is 0.390. The predicted octanol–water partition coefficient (Wildman–Crippen LogP) is 2.76. The van der Waals surface area contributed by atoms with Gasteiger partial charge >= 0.3 is 0 Å². The average Bonchev–Trinajstić information content (AvgIpc) is 2.33. The molecule has 0 fully saturated rings. The van der Waals surface area contributed by atoms with Crippen LogP contribution in [0.2, 0.25) is 0 Å². The first-order valence-electron chi connectivity index (χ1n) is 6.20. The monoisotopic (exact) mass is 267 g/mol. The molecular weight excluding hydrogens is 246 g/mol. The van der Waals surface area contributed by atoms with Crippen molar-refractivity contribution < 1.29 is 9.47 Å². The van der Waals surface area contributed by atoms with Gasteiger partial charge in [-0.3, -0.25) is 0 Å². The molecule has 1 aromatic carbocycles. The molecule has 18 heavy (non-hydrogen) atoms. The number of benzene rings is 1. The van der Waals surface area contributed by atoms with Crippen LogP contribution in [0.4, 0.5) is 0 Å². The SMILES string of the molecule is CC(C)COCCCOc1cccc(C(N)=S)c1. The van der Waals surface area contributed by atoms with E-state index in [1.165, 1.54) is 0 Å². The molecule has 0 amide bonds. The van der Waals surface area contributed by atoms with Gasteiger partial charge in [0.2, 0.25) is 0 Å². The Kier molecular flexibility index (Phi) is 6.68. The zero-order valence-corrected chi connectivity index (χ0v) is 11.8. The van der Waals surface area contributed by atoms with Gasteiger partial charge in [-0.05, 0) is 18.1 Å². The molecule has 0 atom stereocenters. The normalized spacial score (nSPS) is 10.6. The van der Waals surface area contributed by atoms with Gasteiger partial charge in [-0.15, -0.1) is 0 Å². The molecule has 4 heteroatoms. The molecule has 2 N–H and O–H groups in total. The summed E-state index contributed by atoms with van der Waals surface area (Å²) in [6, 6.07) is 7.52. The molecule has 0 unspecified atom stereocenters. The van der Waals surface area contributed by atoms with E-state index in [0.29, 0.717) is 17.5 Å². The van der Waals surface area contributed by atoms with E-state index in [1.54, 1.807) is 0 Å². The quantitative estimate of drug-likeness (QED) is 0.581. The Bertz CT molecular complexity index is 380. The van der Waals surface area contributed by atoms with Crippen LogP contribution in [-0.2, 0) is 4.74 Å². The lowest BCUT2D eigenvalue weighted by Crippen LogP contribution is -2.10. The van der Waals surface area contributed by atoms with Crippen LogP contribution in [-0.4, -0.2) is 24.8 Å². The fourth-order valence-corrected chi connectivity index (χ4v) is 1.54. The highest BCUT2D eigenvalue weighted by Gasteiger charge is 1.99. The molecule has 1 aromatic rings. The van der Waals surface area contributed by atoms with Crippen molar-refractivity contribution in [1.82, 2.24) is 0 Å². The first-order valence-corrected chi connectivity index (χ1v) is 6.61. The Hall–Kier alpha value is -1.13. The first-order chi connectivity index (χ1) is 8.59. The van der Waals surface area contributed by atoms with Crippen LogP contribution in [0, 0.1) is 5.92 Å². The first kappa shape index (κ1) is 14.9. The van der Waals surface area contributed by atoms with Gasteiger partial charge in [-0.2, -0.15) is 0 Å². The molecule has 1 rings (SSSR count). The lowest BCUT2D eigenvalue weighted by Gasteiger charge is -2.09. The van der Waals surface area contributed by atoms with Crippen LogP contribution in [0.1, 0.15) is 25.8 Å². The Labute approximate surface area is 114 Å². The summed E-state index contributed by atoms with van der Waals surface area (Å²) in [6.07, 6.45) is 0.879. The minimum Gasteiger partial charge on any atom is -0.493 e. The Balaban J connectivity index is 2.23. The van der Waals surface area contributed by atoms with Gasteiger partial charge in [0.25, 0.3) is 0 Å². The van der Waals surface area contributed by atoms with Crippen molar-refractivity contribution in [1.29, 1.82) is 0 Å². The second-order valence-corrected chi connectivity index (χ2v) is 5.00. The van der Waals surface area contributed by atoms with Crippen molar-refractivity contribution in [2.45, 2.75) is 20.3 Å². The fraction of sp³-hybridized carbons (Fsp3) is 0.500. The molecular formula is C14H21NO2S. The lowest BCUT2D eigenvalue weighted by molar-refractivity contribution is 0.0981. The maximum absolute atomic E-state index is 5.61. The van der Waals surface area contributed by atoms with Crippen molar-refractivity contribution in [2.75, 3.05) is 19.8 Å². The van der Waals surface area contributed by atoms with Gasteiger partial charge in [0.15, 0.2) is 0 Å². The van der Waals surface area contributed by atoms with Crippen LogP contribution in [0.15, 0.2) is 24.3 Å². The highest BCUT2D eigenvalue weighted by molar-refractivity contribution is 7.80. The van der Waals surface area contributed by atoms with Gasteiger partial charge in [-0.25, -0.2) is 0 Å². The van der Waals surface area contributed by atoms with E-state index in [1.807, 2.05) is 24.3 Å². The number of hydrogen-bond donors (Lipinski definition) is 1. The summed E-state index contributed by atoms with van der Waals surface area (Å²) in [5.74, 6) is 1.37. The lowest BCUT2D eigenvalue weighted by atomic mass is 10.2. The summed E-state index contributed by atoms with van der Waals surface area (Å²) in [6.45, 7) is 6.44.